The highest BCUT2D eigenvalue weighted by Crippen LogP contribution is 2.25. The number of nitrogens with zero attached hydrogens (tertiary/aromatic N) is 2. The fourth-order valence-corrected chi connectivity index (χ4v) is 5.62. The Kier molecular flexibility index (Phi) is 10.5. The van der Waals surface area contributed by atoms with Gasteiger partial charge in [-0.25, -0.2) is 12.8 Å². The Bertz CT molecular complexity index is 1390. The average molecular weight is 568 g/mol. The van der Waals surface area contributed by atoms with Crippen molar-refractivity contribution in [2.24, 2.45) is 5.92 Å². The van der Waals surface area contributed by atoms with Crippen molar-refractivity contribution >= 4 is 27.5 Å². The number of carbonyl (C=O) groups is 2. The van der Waals surface area contributed by atoms with Crippen LogP contribution in [0.1, 0.15) is 43.9 Å². The average Bonchev–Trinajstić information content (AvgIpc) is 2.92. The first-order valence-corrected chi connectivity index (χ1v) is 14.8. The van der Waals surface area contributed by atoms with Gasteiger partial charge < -0.3 is 10.2 Å². The number of rotatable bonds is 12. The van der Waals surface area contributed by atoms with Crippen LogP contribution in [0.15, 0.2) is 77.7 Å². The SMILES string of the molecule is CC[C@H](C(=O)NCC(C)C)N(Cc1ccc(F)cc1)C(=O)CN(c1ccc(C)cc1)S(=O)(=O)c1ccc(C)cc1. The van der Waals surface area contributed by atoms with Crippen molar-refractivity contribution in [3.05, 3.63) is 95.3 Å². The molecule has 7 nitrogen and oxygen atoms in total. The summed E-state index contributed by atoms with van der Waals surface area (Å²) in [6, 6.07) is 18.1. The summed E-state index contributed by atoms with van der Waals surface area (Å²) >= 11 is 0. The summed E-state index contributed by atoms with van der Waals surface area (Å²) in [4.78, 5) is 28.7. The molecule has 3 aromatic rings. The van der Waals surface area contributed by atoms with E-state index in [1.54, 1.807) is 55.5 Å². The number of halogens is 1. The summed E-state index contributed by atoms with van der Waals surface area (Å²) in [5, 5.41) is 2.89. The summed E-state index contributed by atoms with van der Waals surface area (Å²) < 4.78 is 42.4. The smallest absolute Gasteiger partial charge is 0.264 e. The first-order chi connectivity index (χ1) is 18.9. The first-order valence-electron chi connectivity index (χ1n) is 13.4. The Morgan fingerprint density at radius 3 is 1.95 bits per heavy atom. The fraction of sp³-hybridized carbons (Fsp3) is 0.355. The third-order valence-electron chi connectivity index (χ3n) is 6.55. The van der Waals surface area contributed by atoms with E-state index in [4.69, 9.17) is 0 Å². The molecule has 0 aliphatic heterocycles. The second-order valence-electron chi connectivity index (χ2n) is 10.4. The summed E-state index contributed by atoms with van der Waals surface area (Å²) in [6.07, 6.45) is 0.312. The van der Waals surface area contributed by atoms with E-state index in [0.29, 0.717) is 24.2 Å². The Hall–Kier alpha value is -3.72. The lowest BCUT2D eigenvalue weighted by atomic mass is 10.1. The molecule has 0 saturated carbocycles. The van der Waals surface area contributed by atoms with E-state index in [0.717, 1.165) is 15.4 Å². The van der Waals surface area contributed by atoms with Gasteiger partial charge in [0.05, 0.1) is 10.6 Å². The topological polar surface area (TPSA) is 86.8 Å². The van der Waals surface area contributed by atoms with Crippen molar-refractivity contribution in [3.63, 3.8) is 0 Å². The molecule has 214 valence electrons. The zero-order chi connectivity index (χ0) is 29.4. The lowest BCUT2D eigenvalue weighted by Gasteiger charge is -2.33. The molecule has 3 aromatic carbocycles. The van der Waals surface area contributed by atoms with Gasteiger partial charge in [-0.05, 0) is 68.1 Å². The number of amides is 2. The molecule has 0 saturated heterocycles. The lowest BCUT2D eigenvalue weighted by Crippen LogP contribution is -2.52. The highest BCUT2D eigenvalue weighted by atomic mass is 32.2. The number of nitrogens with one attached hydrogen (secondary N) is 1. The number of anilines is 1. The van der Waals surface area contributed by atoms with E-state index >= 15 is 0 Å². The number of hydrogen-bond acceptors (Lipinski definition) is 4. The van der Waals surface area contributed by atoms with Gasteiger partial charge in [-0.15, -0.1) is 0 Å². The number of carbonyl (C=O) groups excluding carboxylic acids is 2. The Labute approximate surface area is 237 Å². The molecule has 0 aliphatic rings. The van der Waals surface area contributed by atoms with E-state index in [-0.39, 0.29) is 23.3 Å². The predicted molar refractivity (Wildman–Crippen MR) is 156 cm³/mol. The molecule has 0 unspecified atom stereocenters. The van der Waals surface area contributed by atoms with Crippen LogP contribution in [-0.4, -0.2) is 44.3 Å². The minimum Gasteiger partial charge on any atom is -0.354 e. The van der Waals surface area contributed by atoms with Crippen LogP contribution in [0.3, 0.4) is 0 Å². The molecule has 0 bridgehead atoms. The van der Waals surface area contributed by atoms with E-state index in [9.17, 15) is 22.4 Å². The van der Waals surface area contributed by atoms with Gasteiger partial charge in [0.15, 0.2) is 0 Å². The minimum atomic E-state index is -4.13. The summed E-state index contributed by atoms with van der Waals surface area (Å²) in [5.74, 6) is -1.08. The van der Waals surface area contributed by atoms with Gasteiger partial charge in [0.2, 0.25) is 11.8 Å². The minimum absolute atomic E-state index is 0.0129. The van der Waals surface area contributed by atoms with Gasteiger partial charge in [0, 0.05) is 13.1 Å². The van der Waals surface area contributed by atoms with Crippen LogP contribution in [0.2, 0.25) is 0 Å². The maximum Gasteiger partial charge on any atom is 0.264 e. The number of sulfonamides is 1. The van der Waals surface area contributed by atoms with Crippen molar-refractivity contribution in [3.8, 4) is 0 Å². The molecule has 0 radical (unpaired) electrons. The van der Waals surface area contributed by atoms with Gasteiger partial charge in [0.25, 0.3) is 10.0 Å². The zero-order valence-corrected chi connectivity index (χ0v) is 24.5. The zero-order valence-electron chi connectivity index (χ0n) is 23.7. The predicted octanol–water partition coefficient (Wildman–Crippen LogP) is 5.22. The normalized spacial score (nSPS) is 12.2. The maximum absolute atomic E-state index is 14.0. The summed E-state index contributed by atoms with van der Waals surface area (Å²) in [6.45, 7) is 9.42. The maximum atomic E-state index is 14.0. The van der Waals surface area contributed by atoms with Gasteiger partial charge in [-0.3, -0.25) is 13.9 Å². The molecule has 0 aromatic heterocycles. The van der Waals surface area contributed by atoms with Crippen molar-refractivity contribution in [2.45, 2.75) is 58.5 Å². The summed E-state index contributed by atoms with van der Waals surface area (Å²) in [7, 11) is -4.13. The molecular weight excluding hydrogens is 529 g/mol. The van der Waals surface area contributed by atoms with Crippen LogP contribution in [0.5, 0.6) is 0 Å². The Morgan fingerprint density at radius 1 is 0.875 bits per heavy atom. The molecule has 2 amide bonds. The Balaban J connectivity index is 2.03. The van der Waals surface area contributed by atoms with E-state index in [1.165, 1.54) is 29.2 Å². The fourth-order valence-electron chi connectivity index (χ4n) is 4.21. The van der Waals surface area contributed by atoms with Crippen molar-refractivity contribution in [1.29, 1.82) is 0 Å². The Morgan fingerprint density at radius 2 is 1.43 bits per heavy atom. The third kappa shape index (κ3) is 7.91. The third-order valence-corrected chi connectivity index (χ3v) is 8.33. The largest absolute Gasteiger partial charge is 0.354 e. The number of aryl methyl sites for hydroxylation is 2. The monoisotopic (exact) mass is 567 g/mol. The van der Waals surface area contributed by atoms with Crippen LogP contribution < -0.4 is 9.62 Å². The molecule has 0 spiro atoms. The second kappa shape index (κ2) is 13.6. The first kappa shape index (κ1) is 30.8. The summed E-state index contributed by atoms with van der Waals surface area (Å²) in [5.41, 5.74) is 2.79. The highest BCUT2D eigenvalue weighted by molar-refractivity contribution is 7.92. The molecule has 1 N–H and O–H groups in total. The van der Waals surface area contributed by atoms with E-state index in [2.05, 4.69) is 5.32 Å². The molecule has 9 heteroatoms. The molecular formula is C31H38FN3O4S. The van der Waals surface area contributed by atoms with Crippen molar-refractivity contribution in [2.75, 3.05) is 17.4 Å². The van der Waals surface area contributed by atoms with Crippen LogP contribution in [0.25, 0.3) is 0 Å². The van der Waals surface area contributed by atoms with Crippen molar-refractivity contribution in [1.82, 2.24) is 10.2 Å². The molecule has 0 fully saturated rings. The van der Waals surface area contributed by atoms with Gasteiger partial charge in [-0.1, -0.05) is 68.3 Å². The second-order valence-corrected chi connectivity index (χ2v) is 12.2. The van der Waals surface area contributed by atoms with Crippen LogP contribution >= 0.6 is 0 Å². The van der Waals surface area contributed by atoms with E-state index < -0.39 is 34.3 Å². The lowest BCUT2D eigenvalue weighted by molar-refractivity contribution is -0.140. The van der Waals surface area contributed by atoms with Crippen molar-refractivity contribution < 1.29 is 22.4 Å². The molecule has 0 aliphatic carbocycles. The number of benzene rings is 3. The van der Waals surface area contributed by atoms with Gasteiger partial charge >= 0.3 is 0 Å². The standard InChI is InChI=1S/C31H38FN3O4S/c1-6-29(31(37)33-19-22(2)3)34(20-25-11-13-26(32)14-12-25)30(36)21-35(27-15-7-23(4)8-16-27)40(38,39)28-17-9-24(5)10-18-28/h7-18,22,29H,6,19-21H2,1-5H3,(H,33,37)/t29-/m1/s1. The molecule has 3 rings (SSSR count). The molecule has 1 atom stereocenters. The van der Waals surface area contributed by atoms with Crippen LogP contribution in [-0.2, 0) is 26.2 Å². The number of hydrogen-bond donors (Lipinski definition) is 1. The van der Waals surface area contributed by atoms with Crippen LogP contribution in [0.4, 0.5) is 10.1 Å². The molecule has 0 heterocycles. The highest BCUT2D eigenvalue weighted by Gasteiger charge is 2.33. The van der Waals surface area contributed by atoms with E-state index in [1.807, 2.05) is 27.7 Å². The van der Waals surface area contributed by atoms with Crippen LogP contribution in [0, 0.1) is 25.6 Å². The van der Waals surface area contributed by atoms with Gasteiger partial charge in [0.1, 0.15) is 18.4 Å². The quantitative estimate of drug-likeness (QED) is 0.325. The molecule has 40 heavy (non-hydrogen) atoms. The van der Waals surface area contributed by atoms with Gasteiger partial charge in [-0.2, -0.15) is 0 Å².